The summed E-state index contributed by atoms with van der Waals surface area (Å²) in [7, 11) is 0. The lowest BCUT2D eigenvalue weighted by molar-refractivity contribution is -0.121. The fraction of sp³-hybridized carbons (Fsp3) is 0.700. The number of nitrogens with one attached hydrogen (secondary N) is 1. The molecule has 27 heavy (non-hydrogen) atoms. The topological polar surface area (TPSA) is 75.0 Å². The molecule has 0 saturated carbocycles. The lowest BCUT2D eigenvalue weighted by Crippen LogP contribution is -2.40. The molecule has 1 aliphatic rings. The summed E-state index contributed by atoms with van der Waals surface area (Å²) in [5, 5.41) is 2.96. The molecule has 7 nitrogen and oxygen atoms in total. The third-order valence-electron chi connectivity index (χ3n) is 4.81. The van der Waals surface area contributed by atoms with Gasteiger partial charge in [-0.05, 0) is 46.7 Å². The van der Waals surface area contributed by atoms with E-state index in [9.17, 15) is 9.59 Å². The van der Waals surface area contributed by atoms with E-state index in [-0.39, 0.29) is 17.9 Å². The molecule has 0 unspecified atom stereocenters. The number of hydrogen-bond donors (Lipinski definition) is 1. The Balaban J connectivity index is 1.73. The van der Waals surface area contributed by atoms with Gasteiger partial charge < -0.3 is 19.4 Å². The molecule has 1 aromatic heterocycles. The Kier molecular flexibility index (Phi) is 8.31. The van der Waals surface area contributed by atoms with Crippen molar-refractivity contribution < 1.29 is 18.7 Å². The van der Waals surface area contributed by atoms with Gasteiger partial charge in [0.2, 0.25) is 5.91 Å². The number of aryl methyl sites for hydroxylation is 2. The Bertz CT molecular complexity index is 621. The lowest BCUT2D eigenvalue weighted by Gasteiger charge is -2.27. The van der Waals surface area contributed by atoms with Gasteiger partial charge in [0.15, 0.2) is 0 Å². The number of furan rings is 1. The van der Waals surface area contributed by atoms with Crippen LogP contribution in [0.25, 0.3) is 0 Å². The highest BCUT2D eigenvalue weighted by Crippen LogP contribution is 2.17. The van der Waals surface area contributed by atoms with Crippen molar-refractivity contribution >= 4 is 11.8 Å². The van der Waals surface area contributed by atoms with E-state index in [1.165, 1.54) is 0 Å². The number of morpholine rings is 1. The van der Waals surface area contributed by atoms with Crippen LogP contribution in [-0.2, 0) is 9.53 Å². The molecule has 2 heterocycles. The molecule has 0 bridgehead atoms. The molecule has 1 fully saturated rings. The smallest absolute Gasteiger partial charge is 0.257 e. The summed E-state index contributed by atoms with van der Waals surface area (Å²) in [5.74, 6) is 1.24. The number of hydrogen-bond acceptors (Lipinski definition) is 5. The number of ether oxygens (including phenoxy) is 1. The van der Waals surface area contributed by atoms with Gasteiger partial charge in [0.05, 0.1) is 18.8 Å². The van der Waals surface area contributed by atoms with Gasteiger partial charge in [-0.3, -0.25) is 14.5 Å². The number of carbonyl (C=O) groups excluding carboxylic acids is 2. The second kappa shape index (κ2) is 10.5. The average molecular weight is 380 g/mol. The molecule has 0 radical (unpaired) electrons. The number of carbonyl (C=O) groups is 2. The second-order valence-electron chi connectivity index (χ2n) is 7.33. The van der Waals surface area contributed by atoms with Gasteiger partial charge in [-0.2, -0.15) is 0 Å². The zero-order chi connectivity index (χ0) is 19.8. The molecule has 1 aromatic rings. The van der Waals surface area contributed by atoms with Crippen molar-refractivity contribution in [3.8, 4) is 0 Å². The standard InChI is InChI=1S/C20H33N3O4/c1-15(2)23(20(25)18-14-16(3)27-17(18)4)9-6-19(24)21-7-5-8-22-10-12-26-13-11-22/h14-15H,5-13H2,1-4H3,(H,21,24). The highest BCUT2D eigenvalue weighted by atomic mass is 16.5. The normalized spacial score (nSPS) is 15.1. The fourth-order valence-corrected chi connectivity index (χ4v) is 3.26. The monoisotopic (exact) mass is 379 g/mol. The van der Waals surface area contributed by atoms with Crippen LogP contribution in [0, 0.1) is 13.8 Å². The number of amides is 2. The zero-order valence-electron chi connectivity index (χ0n) is 17.0. The summed E-state index contributed by atoms with van der Waals surface area (Å²) in [6.07, 6.45) is 1.23. The first-order valence-electron chi connectivity index (χ1n) is 9.83. The summed E-state index contributed by atoms with van der Waals surface area (Å²) in [5.41, 5.74) is 0.576. The SMILES string of the molecule is Cc1cc(C(=O)N(CCC(=O)NCCCN2CCOCC2)C(C)C)c(C)o1. The van der Waals surface area contributed by atoms with E-state index in [1.807, 2.05) is 20.8 Å². The Morgan fingerprint density at radius 1 is 1.26 bits per heavy atom. The van der Waals surface area contributed by atoms with Crippen molar-refractivity contribution in [3.63, 3.8) is 0 Å². The highest BCUT2D eigenvalue weighted by Gasteiger charge is 2.23. The van der Waals surface area contributed by atoms with E-state index in [4.69, 9.17) is 9.15 Å². The van der Waals surface area contributed by atoms with Crippen molar-refractivity contribution in [1.82, 2.24) is 15.1 Å². The summed E-state index contributed by atoms with van der Waals surface area (Å²) < 4.78 is 10.8. The third-order valence-corrected chi connectivity index (χ3v) is 4.81. The Morgan fingerprint density at radius 3 is 2.56 bits per heavy atom. The van der Waals surface area contributed by atoms with E-state index in [2.05, 4.69) is 10.2 Å². The van der Waals surface area contributed by atoms with Crippen molar-refractivity contribution in [2.45, 2.75) is 46.6 Å². The van der Waals surface area contributed by atoms with Crippen LogP contribution < -0.4 is 5.32 Å². The van der Waals surface area contributed by atoms with Gasteiger partial charge in [-0.1, -0.05) is 0 Å². The first kappa shape index (κ1) is 21.4. The third kappa shape index (κ3) is 6.66. The van der Waals surface area contributed by atoms with Gasteiger partial charge in [-0.15, -0.1) is 0 Å². The Morgan fingerprint density at radius 2 is 1.96 bits per heavy atom. The largest absolute Gasteiger partial charge is 0.466 e. The second-order valence-corrected chi connectivity index (χ2v) is 7.33. The maximum atomic E-state index is 12.8. The van der Waals surface area contributed by atoms with Crippen LogP contribution in [0.2, 0.25) is 0 Å². The zero-order valence-corrected chi connectivity index (χ0v) is 17.0. The van der Waals surface area contributed by atoms with Crippen LogP contribution in [0.1, 0.15) is 48.6 Å². The van der Waals surface area contributed by atoms with Crippen LogP contribution in [0.5, 0.6) is 0 Å². The van der Waals surface area contributed by atoms with E-state index in [0.717, 1.165) is 45.0 Å². The molecule has 1 saturated heterocycles. The number of nitrogens with zero attached hydrogens (tertiary/aromatic N) is 2. The first-order chi connectivity index (χ1) is 12.9. The Hall–Kier alpha value is -1.86. The maximum Gasteiger partial charge on any atom is 0.257 e. The fourth-order valence-electron chi connectivity index (χ4n) is 3.26. The summed E-state index contributed by atoms with van der Waals surface area (Å²) >= 11 is 0. The van der Waals surface area contributed by atoms with Crippen molar-refractivity contribution in [2.75, 3.05) is 45.9 Å². The van der Waals surface area contributed by atoms with E-state index < -0.39 is 0 Å². The molecule has 0 atom stereocenters. The quantitative estimate of drug-likeness (QED) is 0.664. The van der Waals surface area contributed by atoms with Crippen LogP contribution in [-0.4, -0.2) is 73.6 Å². The Labute approximate surface area is 162 Å². The first-order valence-corrected chi connectivity index (χ1v) is 9.83. The molecule has 0 aromatic carbocycles. The lowest BCUT2D eigenvalue weighted by atomic mass is 10.1. The summed E-state index contributed by atoms with van der Waals surface area (Å²) in [6.45, 7) is 13.1. The van der Waals surface area contributed by atoms with Gasteiger partial charge in [0.1, 0.15) is 11.5 Å². The summed E-state index contributed by atoms with van der Waals surface area (Å²) in [6, 6.07) is 1.78. The molecule has 152 valence electrons. The van der Waals surface area contributed by atoms with Gasteiger partial charge in [0, 0.05) is 38.6 Å². The van der Waals surface area contributed by atoms with Crippen LogP contribution in [0.4, 0.5) is 0 Å². The predicted molar refractivity (Wildman–Crippen MR) is 104 cm³/mol. The van der Waals surface area contributed by atoms with Crippen molar-refractivity contribution in [1.29, 1.82) is 0 Å². The minimum Gasteiger partial charge on any atom is -0.466 e. The average Bonchev–Trinajstić information content (AvgIpc) is 2.97. The van der Waals surface area contributed by atoms with Crippen molar-refractivity contribution in [2.24, 2.45) is 0 Å². The van der Waals surface area contributed by atoms with Crippen LogP contribution in [0.15, 0.2) is 10.5 Å². The number of rotatable bonds is 9. The molecule has 2 amide bonds. The molecule has 0 spiro atoms. The predicted octanol–water partition coefficient (Wildman–Crippen LogP) is 1.98. The molecule has 7 heteroatoms. The van der Waals surface area contributed by atoms with E-state index >= 15 is 0 Å². The van der Waals surface area contributed by atoms with Gasteiger partial charge in [-0.25, -0.2) is 0 Å². The molecule has 1 N–H and O–H groups in total. The molecule has 0 aliphatic carbocycles. The maximum absolute atomic E-state index is 12.8. The van der Waals surface area contributed by atoms with Crippen LogP contribution in [0.3, 0.4) is 0 Å². The van der Waals surface area contributed by atoms with Crippen LogP contribution >= 0.6 is 0 Å². The molecular weight excluding hydrogens is 346 g/mol. The van der Waals surface area contributed by atoms with Gasteiger partial charge >= 0.3 is 0 Å². The van der Waals surface area contributed by atoms with E-state index in [1.54, 1.807) is 17.9 Å². The molecule has 2 rings (SSSR count). The van der Waals surface area contributed by atoms with Gasteiger partial charge in [0.25, 0.3) is 5.91 Å². The van der Waals surface area contributed by atoms with E-state index in [0.29, 0.717) is 30.8 Å². The minimum absolute atomic E-state index is 0.0150. The minimum atomic E-state index is -0.0838. The molecule has 1 aliphatic heterocycles. The molecular formula is C20H33N3O4. The van der Waals surface area contributed by atoms with Crippen molar-refractivity contribution in [3.05, 3.63) is 23.2 Å². The highest BCUT2D eigenvalue weighted by molar-refractivity contribution is 5.95. The summed E-state index contributed by atoms with van der Waals surface area (Å²) in [4.78, 5) is 29.0.